The zero-order chi connectivity index (χ0) is 34.8. The monoisotopic (exact) mass is 696 g/mol. The van der Waals surface area contributed by atoms with E-state index in [1.165, 1.54) is 18.3 Å². The van der Waals surface area contributed by atoms with Crippen molar-refractivity contribution < 1.29 is 56.3 Å². The first-order valence-corrected chi connectivity index (χ1v) is 15.3. The highest BCUT2D eigenvalue weighted by molar-refractivity contribution is 6.31. The Kier molecular flexibility index (Phi) is 16.2. The third-order valence-electron chi connectivity index (χ3n) is 6.37. The van der Waals surface area contributed by atoms with Crippen molar-refractivity contribution in [3.63, 3.8) is 0 Å². The van der Waals surface area contributed by atoms with Crippen LogP contribution in [0.25, 0.3) is 0 Å². The summed E-state index contributed by atoms with van der Waals surface area (Å²) in [5.74, 6) is -0.779. The molecule has 0 unspecified atom stereocenters. The van der Waals surface area contributed by atoms with E-state index in [2.05, 4.69) is 10.3 Å². The van der Waals surface area contributed by atoms with Crippen LogP contribution < -0.4 is 10.1 Å². The van der Waals surface area contributed by atoms with E-state index in [4.69, 9.17) is 40.4 Å². The SMILES string of the molecule is O=C(O)CCOCCOCCOCCOCCNC(=O)c1cc(Oc2ccc(CC(=O)Cc3ccc(Cl)c(C(F)(F)F)c3)cc2)ccn1. The Morgan fingerprint density at radius 3 is 1.96 bits per heavy atom. The van der Waals surface area contributed by atoms with Crippen molar-refractivity contribution in [2.75, 3.05) is 59.4 Å². The van der Waals surface area contributed by atoms with E-state index in [1.54, 1.807) is 30.3 Å². The van der Waals surface area contributed by atoms with Crippen LogP contribution in [0.2, 0.25) is 5.02 Å². The van der Waals surface area contributed by atoms with Crippen molar-refractivity contribution in [2.45, 2.75) is 25.4 Å². The van der Waals surface area contributed by atoms with Crippen molar-refractivity contribution in [1.29, 1.82) is 0 Å². The van der Waals surface area contributed by atoms with Gasteiger partial charge < -0.3 is 34.1 Å². The second-order valence-corrected chi connectivity index (χ2v) is 10.6. The summed E-state index contributed by atoms with van der Waals surface area (Å²) in [6.07, 6.45) is -3.37. The standard InChI is InChI=1S/C33H36ClF3N2O9/c34-29-6-3-24(21-28(29)33(35,36)37)20-25(40)19-23-1-4-26(5-2-23)48-27-7-9-38-30(22-27)32(43)39-10-12-45-14-16-47-18-17-46-15-13-44-11-8-31(41)42/h1-7,9,21-22H,8,10-20H2,(H,39,43)(H,41,42). The minimum Gasteiger partial charge on any atom is -0.481 e. The highest BCUT2D eigenvalue weighted by Crippen LogP contribution is 2.35. The molecule has 0 saturated heterocycles. The molecule has 0 fully saturated rings. The zero-order valence-electron chi connectivity index (χ0n) is 25.9. The average Bonchev–Trinajstić information content (AvgIpc) is 3.04. The van der Waals surface area contributed by atoms with E-state index in [-0.39, 0.29) is 56.1 Å². The van der Waals surface area contributed by atoms with Crippen molar-refractivity contribution in [3.8, 4) is 11.5 Å². The van der Waals surface area contributed by atoms with Gasteiger partial charge in [0, 0.05) is 31.6 Å². The Morgan fingerprint density at radius 2 is 1.33 bits per heavy atom. The molecule has 3 rings (SSSR count). The number of nitrogens with zero attached hydrogens (tertiary/aromatic N) is 1. The molecule has 2 aromatic carbocycles. The van der Waals surface area contributed by atoms with E-state index in [0.717, 1.165) is 12.1 Å². The third kappa shape index (κ3) is 14.8. The third-order valence-corrected chi connectivity index (χ3v) is 6.70. The average molecular weight is 697 g/mol. The van der Waals surface area contributed by atoms with E-state index >= 15 is 0 Å². The number of Topliss-reactive ketones (excluding diaryl/α,β-unsaturated/α-hetero) is 1. The fourth-order valence-corrected chi connectivity index (χ4v) is 4.30. The van der Waals surface area contributed by atoms with Crippen LogP contribution in [0.3, 0.4) is 0 Å². The molecule has 0 saturated carbocycles. The van der Waals surface area contributed by atoms with Gasteiger partial charge in [0.1, 0.15) is 23.0 Å². The highest BCUT2D eigenvalue weighted by atomic mass is 35.5. The van der Waals surface area contributed by atoms with Gasteiger partial charge >= 0.3 is 12.1 Å². The van der Waals surface area contributed by atoms with Gasteiger partial charge in [-0.05, 0) is 41.5 Å². The first-order valence-electron chi connectivity index (χ1n) is 14.9. The number of carbonyl (C=O) groups is 3. The van der Waals surface area contributed by atoms with Crippen LogP contribution in [0, 0.1) is 0 Å². The molecule has 1 aromatic heterocycles. The number of carboxylic acids is 1. The molecule has 1 heterocycles. The Hall–Kier alpha value is -4.08. The highest BCUT2D eigenvalue weighted by Gasteiger charge is 2.33. The maximum atomic E-state index is 13.1. The van der Waals surface area contributed by atoms with Crippen LogP contribution in [0.1, 0.15) is 33.6 Å². The van der Waals surface area contributed by atoms with Crippen LogP contribution in [0.15, 0.2) is 60.8 Å². The summed E-state index contributed by atoms with van der Waals surface area (Å²) in [5.41, 5.74) is 0.0447. The molecule has 260 valence electrons. The summed E-state index contributed by atoms with van der Waals surface area (Å²) in [7, 11) is 0. The molecule has 48 heavy (non-hydrogen) atoms. The fourth-order valence-electron chi connectivity index (χ4n) is 4.08. The van der Waals surface area contributed by atoms with E-state index < -0.39 is 28.6 Å². The van der Waals surface area contributed by atoms with Gasteiger partial charge in [0.05, 0.1) is 69.9 Å². The number of hydrogen-bond acceptors (Lipinski definition) is 9. The van der Waals surface area contributed by atoms with Crippen molar-refractivity contribution >= 4 is 29.3 Å². The number of hydrogen-bond donors (Lipinski definition) is 2. The van der Waals surface area contributed by atoms with Gasteiger partial charge in [0.25, 0.3) is 5.91 Å². The predicted molar refractivity (Wildman–Crippen MR) is 167 cm³/mol. The van der Waals surface area contributed by atoms with E-state index in [9.17, 15) is 27.6 Å². The molecule has 0 aliphatic rings. The lowest BCUT2D eigenvalue weighted by atomic mass is 10.0. The number of amides is 1. The molecular formula is C33H36ClF3N2O9. The van der Waals surface area contributed by atoms with Gasteiger partial charge in [-0.25, -0.2) is 0 Å². The first-order chi connectivity index (χ1) is 23.0. The topological polar surface area (TPSA) is 143 Å². The van der Waals surface area contributed by atoms with Crippen LogP contribution >= 0.6 is 11.6 Å². The number of pyridine rings is 1. The number of carbonyl (C=O) groups excluding carboxylic acids is 2. The summed E-state index contributed by atoms with van der Waals surface area (Å²) < 4.78 is 66.4. The number of ketones is 1. The van der Waals surface area contributed by atoms with Crippen LogP contribution in [-0.2, 0) is 47.6 Å². The molecule has 0 atom stereocenters. The Bertz CT molecular complexity index is 1470. The molecule has 15 heteroatoms. The van der Waals surface area contributed by atoms with Crippen molar-refractivity contribution in [3.05, 3.63) is 88.2 Å². The molecule has 0 bridgehead atoms. The summed E-state index contributed by atoms with van der Waals surface area (Å²) in [6, 6.07) is 13.1. The number of aromatic nitrogens is 1. The second-order valence-electron chi connectivity index (χ2n) is 10.2. The lowest BCUT2D eigenvalue weighted by molar-refractivity contribution is -0.139. The quantitative estimate of drug-likeness (QED) is 0.135. The molecule has 3 aromatic rings. The number of carboxylic acid groups (broad SMARTS) is 1. The number of nitrogens with one attached hydrogen (secondary N) is 1. The summed E-state index contributed by atoms with van der Waals surface area (Å²) in [5, 5.41) is 10.8. The van der Waals surface area contributed by atoms with Crippen LogP contribution in [0.4, 0.5) is 13.2 Å². The molecule has 0 aliphatic heterocycles. The van der Waals surface area contributed by atoms with E-state index in [1.807, 2.05) is 0 Å². The Labute approximate surface area is 280 Å². The number of halogens is 4. The number of alkyl halides is 3. The molecule has 2 N–H and O–H groups in total. The smallest absolute Gasteiger partial charge is 0.417 e. The molecule has 0 radical (unpaired) electrons. The second kappa shape index (κ2) is 20.3. The molecule has 1 amide bonds. The van der Waals surface area contributed by atoms with Gasteiger partial charge in [-0.1, -0.05) is 29.8 Å². The van der Waals surface area contributed by atoms with Crippen LogP contribution in [0.5, 0.6) is 11.5 Å². The Morgan fingerprint density at radius 1 is 0.750 bits per heavy atom. The molecule has 0 spiro atoms. The van der Waals surface area contributed by atoms with Gasteiger partial charge in [-0.2, -0.15) is 13.2 Å². The normalized spacial score (nSPS) is 11.3. The van der Waals surface area contributed by atoms with Crippen molar-refractivity contribution in [1.82, 2.24) is 10.3 Å². The Balaban J connectivity index is 1.30. The molecule has 0 aliphatic carbocycles. The number of ether oxygens (including phenoxy) is 5. The van der Waals surface area contributed by atoms with Gasteiger partial charge in [0.2, 0.25) is 0 Å². The van der Waals surface area contributed by atoms with Gasteiger partial charge in [0.15, 0.2) is 0 Å². The number of benzene rings is 2. The lowest BCUT2D eigenvalue weighted by Gasteiger charge is -2.11. The number of rotatable bonds is 22. The maximum absolute atomic E-state index is 13.1. The maximum Gasteiger partial charge on any atom is 0.417 e. The number of aliphatic carboxylic acids is 1. The van der Waals surface area contributed by atoms with Gasteiger partial charge in [-0.3, -0.25) is 19.4 Å². The fraction of sp³-hybridized carbons (Fsp3) is 0.394. The van der Waals surface area contributed by atoms with Crippen molar-refractivity contribution in [2.24, 2.45) is 0 Å². The minimum absolute atomic E-state index is 0.0195. The van der Waals surface area contributed by atoms with Crippen LogP contribution in [-0.4, -0.2) is 87.2 Å². The molecule has 11 nitrogen and oxygen atoms in total. The van der Waals surface area contributed by atoms with E-state index in [0.29, 0.717) is 56.7 Å². The summed E-state index contributed by atoms with van der Waals surface area (Å²) >= 11 is 5.65. The minimum atomic E-state index is -4.61. The largest absolute Gasteiger partial charge is 0.481 e. The predicted octanol–water partition coefficient (Wildman–Crippen LogP) is 5.17. The first kappa shape index (κ1) is 38.4. The summed E-state index contributed by atoms with van der Waals surface area (Å²) in [4.78, 5) is 39.5. The summed E-state index contributed by atoms with van der Waals surface area (Å²) in [6.45, 7) is 2.72. The lowest BCUT2D eigenvalue weighted by Crippen LogP contribution is -2.28. The molecular weight excluding hydrogens is 661 g/mol. The van der Waals surface area contributed by atoms with Gasteiger partial charge in [-0.15, -0.1) is 0 Å². The zero-order valence-corrected chi connectivity index (χ0v) is 26.7.